The highest BCUT2D eigenvalue weighted by Gasteiger charge is 2.14. The molecule has 1 saturated heterocycles. The number of nitrogens with one attached hydrogen (secondary N) is 1. The standard InChI is InChI=1S/C25H32N2O6S/c1-34(29,30)24-10-6-22(7-11-24)18-33-27-14-2-3-20-4-8-23(9-5-20)32-19-25(28)26-17-21-12-15-31-16-13-21/h4-11,14,21H,2-3,12-13,15-19H2,1H3,(H,26,28). The molecule has 34 heavy (non-hydrogen) atoms. The molecule has 8 nitrogen and oxygen atoms in total. The molecule has 0 aromatic heterocycles. The molecule has 2 aromatic carbocycles. The van der Waals surface area contributed by atoms with Crippen molar-refractivity contribution >= 4 is 22.0 Å². The van der Waals surface area contributed by atoms with E-state index in [-0.39, 0.29) is 24.0 Å². The summed E-state index contributed by atoms with van der Waals surface area (Å²) in [5.74, 6) is 1.03. The maximum absolute atomic E-state index is 12.0. The Morgan fingerprint density at radius 1 is 1.09 bits per heavy atom. The van der Waals surface area contributed by atoms with Gasteiger partial charge in [0, 0.05) is 32.2 Å². The van der Waals surface area contributed by atoms with E-state index < -0.39 is 9.84 Å². The number of hydrogen-bond donors (Lipinski definition) is 1. The van der Waals surface area contributed by atoms with Gasteiger partial charge in [-0.3, -0.25) is 4.79 Å². The van der Waals surface area contributed by atoms with Crippen LogP contribution in [0, 0.1) is 5.92 Å². The normalized spacial score (nSPS) is 14.7. The van der Waals surface area contributed by atoms with Crippen molar-refractivity contribution in [3.8, 4) is 5.75 Å². The molecule has 0 radical (unpaired) electrons. The van der Waals surface area contributed by atoms with Crippen molar-refractivity contribution in [3.05, 3.63) is 59.7 Å². The Balaban J connectivity index is 1.29. The number of rotatable bonds is 12. The quantitative estimate of drug-likeness (QED) is 0.364. The highest BCUT2D eigenvalue weighted by Crippen LogP contribution is 2.15. The molecule has 0 saturated carbocycles. The zero-order valence-electron chi connectivity index (χ0n) is 19.4. The monoisotopic (exact) mass is 488 g/mol. The van der Waals surface area contributed by atoms with E-state index in [1.165, 1.54) is 6.26 Å². The summed E-state index contributed by atoms with van der Waals surface area (Å²) in [4.78, 5) is 17.5. The summed E-state index contributed by atoms with van der Waals surface area (Å²) in [5, 5.41) is 6.88. The summed E-state index contributed by atoms with van der Waals surface area (Å²) in [7, 11) is -3.19. The lowest BCUT2D eigenvalue weighted by Crippen LogP contribution is -2.35. The van der Waals surface area contributed by atoms with E-state index in [4.69, 9.17) is 14.3 Å². The lowest BCUT2D eigenvalue weighted by atomic mass is 10.0. The first kappa shape index (κ1) is 25.7. The number of benzene rings is 2. The van der Waals surface area contributed by atoms with Gasteiger partial charge in [-0.05, 0) is 67.0 Å². The van der Waals surface area contributed by atoms with E-state index in [0.717, 1.165) is 43.6 Å². The molecule has 184 valence electrons. The molecule has 1 heterocycles. The van der Waals surface area contributed by atoms with Crippen LogP contribution in [0.3, 0.4) is 0 Å². The van der Waals surface area contributed by atoms with Crippen LogP contribution in [0.1, 0.15) is 30.4 Å². The average Bonchev–Trinajstić information content (AvgIpc) is 2.84. The maximum atomic E-state index is 12.0. The van der Waals surface area contributed by atoms with E-state index in [2.05, 4.69) is 10.5 Å². The molecule has 1 fully saturated rings. The summed E-state index contributed by atoms with van der Waals surface area (Å²) < 4.78 is 33.8. The summed E-state index contributed by atoms with van der Waals surface area (Å²) in [6, 6.07) is 14.2. The van der Waals surface area contributed by atoms with E-state index in [9.17, 15) is 13.2 Å². The fourth-order valence-corrected chi connectivity index (χ4v) is 4.07. The Morgan fingerprint density at radius 3 is 2.44 bits per heavy atom. The molecule has 3 rings (SSSR count). The number of ether oxygens (including phenoxy) is 2. The maximum Gasteiger partial charge on any atom is 0.257 e. The summed E-state index contributed by atoms with van der Waals surface area (Å²) in [6.45, 7) is 2.49. The van der Waals surface area contributed by atoms with Crippen molar-refractivity contribution < 1.29 is 27.5 Å². The van der Waals surface area contributed by atoms with Gasteiger partial charge < -0.3 is 19.6 Å². The topological polar surface area (TPSA) is 103 Å². The Morgan fingerprint density at radius 2 is 1.76 bits per heavy atom. The summed E-state index contributed by atoms with van der Waals surface area (Å²) in [5.41, 5.74) is 1.97. The van der Waals surface area contributed by atoms with Gasteiger partial charge >= 0.3 is 0 Å². The first-order valence-corrected chi connectivity index (χ1v) is 13.3. The SMILES string of the molecule is CS(=O)(=O)c1ccc(CON=CCCc2ccc(OCC(=O)NCC3CCOCC3)cc2)cc1. The number of amides is 1. The highest BCUT2D eigenvalue weighted by molar-refractivity contribution is 7.90. The first-order valence-electron chi connectivity index (χ1n) is 11.4. The fraction of sp³-hybridized carbons (Fsp3) is 0.440. The molecule has 1 aliphatic heterocycles. The minimum absolute atomic E-state index is 0.00352. The summed E-state index contributed by atoms with van der Waals surface area (Å²) >= 11 is 0. The van der Waals surface area contributed by atoms with Crippen molar-refractivity contribution in [1.82, 2.24) is 5.32 Å². The molecule has 0 unspecified atom stereocenters. The second-order valence-electron chi connectivity index (χ2n) is 8.31. The second kappa shape index (κ2) is 13.1. The van der Waals surface area contributed by atoms with Crippen LogP contribution in [0.4, 0.5) is 0 Å². The number of carbonyl (C=O) groups excluding carboxylic acids is 1. The Kier molecular flexibility index (Phi) is 9.90. The Hall–Kier alpha value is -2.91. The second-order valence-corrected chi connectivity index (χ2v) is 10.3. The van der Waals surface area contributed by atoms with Crippen LogP contribution in [0.5, 0.6) is 5.75 Å². The van der Waals surface area contributed by atoms with Gasteiger partial charge in [0.05, 0.1) is 4.90 Å². The van der Waals surface area contributed by atoms with Crippen molar-refractivity contribution in [2.45, 2.75) is 37.2 Å². The zero-order chi connectivity index (χ0) is 24.2. The zero-order valence-corrected chi connectivity index (χ0v) is 20.3. The van der Waals surface area contributed by atoms with Crippen molar-refractivity contribution in [1.29, 1.82) is 0 Å². The fourth-order valence-electron chi connectivity index (χ4n) is 3.44. The smallest absolute Gasteiger partial charge is 0.257 e. The molecule has 1 N–H and O–H groups in total. The predicted octanol–water partition coefficient (Wildman–Crippen LogP) is 3.15. The van der Waals surface area contributed by atoms with E-state index in [0.29, 0.717) is 24.6 Å². The lowest BCUT2D eigenvalue weighted by Gasteiger charge is -2.22. The van der Waals surface area contributed by atoms with Crippen molar-refractivity contribution in [2.75, 3.05) is 32.6 Å². The molecular weight excluding hydrogens is 456 g/mol. The van der Waals surface area contributed by atoms with Crippen molar-refractivity contribution in [3.63, 3.8) is 0 Å². The minimum atomic E-state index is -3.19. The third kappa shape index (κ3) is 9.15. The van der Waals surface area contributed by atoms with Gasteiger partial charge in [0.2, 0.25) is 0 Å². The van der Waals surface area contributed by atoms with Crippen LogP contribution in [0.2, 0.25) is 0 Å². The number of aryl methyl sites for hydroxylation is 1. The molecule has 9 heteroatoms. The van der Waals surface area contributed by atoms with Gasteiger partial charge in [0.25, 0.3) is 5.91 Å². The Bertz CT molecular complexity index is 1030. The van der Waals surface area contributed by atoms with Crippen LogP contribution in [-0.2, 0) is 37.2 Å². The van der Waals surface area contributed by atoms with Gasteiger partial charge in [0.1, 0.15) is 12.4 Å². The van der Waals surface area contributed by atoms with Crippen molar-refractivity contribution in [2.24, 2.45) is 11.1 Å². The molecule has 1 aliphatic rings. The molecule has 2 aromatic rings. The third-order valence-electron chi connectivity index (χ3n) is 5.52. The lowest BCUT2D eigenvalue weighted by molar-refractivity contribution is -0.123. The number of nitrogens with zero attached hydrogens (tertiary/aromatic N) is 1. The highest BCUT2D eigenvalue weighted by atomic mass is 32.2. The van der Waals surface area contributed by atoms with E-state index in [1.54, 1.807) is 30.5 Å². The predicted molar refractivity (Wildman–Crippen MR) is 130 cm³/mol. The van der Waals surface area contributed by atoms with Gasteiger partial charge in [-0.1, -0.05) is 29.4 Å². The Labute approximate surface area is 201 Å². The molecule has 1 amide bonds. The average molecular weight is 489 g/mol. The van der Waals surface area contributed by atoms with Crippen LogP contribution in [0.25, 0.3) is 0 Å². The third-order valence-corrected chi connectivity index (χ3v) is 6.64. The molecule has 0 bridgehead atoms. The molecular formula is C25H32N2O6S. The number of sulfone groups is 1. The van der Waals surface area contributed by atoms with Crippen LogP contribution in [0.15, 0.2) is 58.6 Å². The first-order chi connectivity index (χ1) is 16.4. The number of hydrogen-bond acceptors (Lipinski definition) is 7. The van der Waals surface area contributed by atoms with Crippen LogP contribution >= 0.6 is 0 Å². The summed E-state index contributed by atoms with van der Waals surface area (Å²) in [6.07, 6.45) is 6.36. The van der Waals surface area contributed by atoms with E-state index >= 15 is 0 Å². The van der Waals surface area contributed by atoms with Crippen LogP contribution < -0.4 is 10.1 Å². The number of carbonyl (C=O) groups is 1. The van der Waals surface area contributed by atoms with Gasteiger partial charge in [-0.2, -0.15) is 0 Å². The molecule has 0 atom stereocenters. The number of oxime groups is 1. The largest absolute Gasteiger partial charge is 0.484 e. The van der Waals surface area contributed by atoms with Gasteiger partial charge in [0.15, 0.2) is 16.4 Å². The molecule has 0 aliphatic carbocycles. The van der Waals surface area contributed by atoms with Crippen LogP contribution in [-0.4, -0.2) is 53.2 Å². The van der Waals surface area contributed by atoms with E-state index in [1.807, 2.05) is 24.3 Å². The minimum Gasteiger partial charge on any atom is -0.484 e. The van der Waals surface area contributed by atoms with Gasteiger partial charge in [-0.25, -0.2) is 8.42 Å². The molecule has 0 spiro atoms. The van der Waals surface area contributed by atoms with Gasteiger partial charge in [-0.15, -0.1) is 0 Å².